The van der Waals surface area contributed by atoms with Crippen LogP contribution in [0, 0.1) is 0 Å². The van der Waals surface area contributed by atoms with Crippen LogP contribution in [0.3, 0.4) is 0 Å². The van der Waals surface area contributed by atoms with E-state index < -0.39 is 16.0 Å². The Morgan fingerprint density at radius 3 is 2.23 bits per heavy atom. The second kappa shape index (κ2) is 7.80. The summed E-state index contributed by atoms with van der Waals surface area (Å²) in [7, 11) is 1.73. The number of carbonyl (C=O) groups excluding carboxylic acids is 1. The van der Waals surface area contributed by atoms with Crippen LogP contribution in [-0.4, -0.2) is 53.6 Å². The molecule has 0 atom stereocenters. The maximum atomic E-state index is 12.6. The molecule has 0 aliphatic rings. The van der Waals surface area contributed by atoms with Crippen LogP contribution in [0.15, 0.2) is 21.5 Å². The summed E-state index contributed by atoms with van der Waals surface area (Å²) in [5, 5.41) is 0. The maximum absolute atomic E-state index is 12.6. The summed E-state index contributed by atoms with van der Waals surface area (Å²) >= 11 is 3.22. The van der Waals surface area contributed by atoms with Crippen molar-refractivity contribution < 1.29 is 27.4 Å². The van der Waals surface area contributed by atoms with Crippen molar-refractivity contribution in [2.45, 2.75) is 11.3 Å². The monoisotopic (exact) mass is 395 g/mol. The molecule has 0 spiro atoms. The Morgan fingerprint density at radius 1 is 1.18 bits per heavy atom. The fourth-order valence-corrected chi connectivity index (χ4v) is 3.84. The van der Waals surface area contributed by atoms with Crippen molar-refractivity contribution in [1.29, 1.82) is 0 Å². The zero-order valence-electron chi connectivity index (χ0n) is 12.8. The number of halogens is 1. The molecule has 0 amide bonds. The third-order valence-electron chi connectivity index (χ3n) is 2.98. The topological polar surface area (TPSA) is 82.1 Å². The third kappa shape index (κ3) is 4.11. The first-order valence-corrected chi connectivity index (χ1v) is 8.46. The molecule has 0 fully saturated rings. The highest BCUT2D eigenvalue weighted by atomic mass is 79.9. The van der Waals surface area contributed by atoms with Gasteiger partial charge in [-0.15, -0.1) is 0 Å². The maximum Gasteiger partial charge on any atom is 0.306 e. The molecule has 0 heterocycles. The molecule has 0 unspecified atom stereocenters. The Balaban J connectivity index is 3.14. The van der Waals surface area contributed by atoms with Crippen LogP contribution in [0.5, 0.6) is 11.5 Å². The van der Waals surface area contributed by atoms with Crippen LogP contribution in [0.1, 0.15) is 6.42 Å². The lowest BCUT2D eigenvalue weighted by molar-refractivity contribution is -0.140. The van der Waals surface area contributed by atoms with Crippen molar-refractivity contribution in [2.24, 2.45) is 0 Å². The standard InChI is InChI=1S/C13H18BrNO6S/c1-15(6-5-13(16)21-4)22(17,18)12-8-11(20-3)10(19-2)7-9(12)14/h7-8H,5-6H2,1-4H3. The first-order chi connectivity index (χ1) is 10.3. The highest BCUT2D eigenvalue weighted by molar-refractivity contribution is 9.10. The first kappa shape index (κ1) is 18.7. The van der Waals surface area contributed by atoms with Crippen molar-refractivity contribution in [2.75, 3.05) is 34.9 Å². The van der Waals surface area contributed by atoms with E-state index in [2.05, 4.69) is 20.7 Å². The van der Waals surface area contributed by atoms with Crippen molar-refractivity contribution in [1.82, 2.24) is 4.31 Å². The van der Waals surface area contributed by atoms with Crippen molar-refractivity contribution in [3.63, 3.8) is 0 Å². The van der Waals surface area contributed by atoms with Gasteiger partial charge in [0, 0.05) is 24.1 Å². The molecule has 7 nitrogen and oxygen atoms in total. The van der Waals surface area contributed by atoms with Crippen molar-refractivity contribution in [3.8, 4) is 11.5 Å². The van der Waals surface area contributed by atoms with Gasteiger partial charge in [-0.3, -0.25) is 4.79 Å². The quantitative estimate of drug-likeness (QED) is 0.652. The number of esters is 1. The predicted octanol–water partition coefficient (Wildman–Crippen LogP) is 1.65. The van der Waals surface area contributed by atoms with Gasteiger partial charge in [0.1, 0.15) is 4.90 Å². The van der Waals surface area contributed by atoms with Crippen LogP contribution in [-0.2, 0) is 19.6 Å². The van der Waals surface area contributed by atoms with Gasteiger partial charge in [0.25, 0.3) is 0 Å². The molecule has 1 rings (SSSR count). The smallest absolute Gasteiger partial charge is 0.306 e. The Morgan fingerprint density at radius 2 is 1.73 bits per heavy atom. The van der Waals surface area contributed by atoms with E-state index in [0.29, 0.717) is 16.0 Å². The number of hydrogen-bond acceptors (Lipinski definition) is 6. The minimum Gasteiger partial charge on any atom is -0.493 e. The number of hydrogen-bond donors (Lipinski definition) is 0. The Hall–Kier alpha value is -1.32. The lowest BCUT2D eigenvalue weighted by atomic mass is 10.3. The van der Waals surface area contributed by atoms with Crippen molar-refractivity contribution in [3.05, 3.63) is 16.6 Å². The molecular weight excluding hydrogens is 378 g/mol. The number of methoxy groups -OCH3 is 3. The van der Waals surface area contributed by atoms with Gasteiger partial charge < -0.3 is 14.2 Å². The Labute approximate surface area is 138 Å². The molecular formula is C13H18BrNO6S. The van der Waals surface area contributed by atoms with Crippen LogP contribution >= 0.6 is 15.9 Å². The zero-order valence-corrected chi connectivity index (χ0v) is 15.2. The van der Waals surface area contributed by atoms with E-state index in [9.17, 15) is 13.2 Å². The largest absolute Gasteiger partial charge is 0.493 e. The Kier molecular flexibility index (Phi) is 6.64. The number of ether oxygens (including phenoxy) is 3. The molecule has 0 aliphatic heterocycles. The highest BCUT2D eigenvalue weighted by Gasteiger charge is 2.26. The van der Waals surface area contributed by atoms with Crippen LogP contribution in [0.4, 0.5) is 0 Å². The minimum absolute atomic E-state index is 0.00971. The summed E-state index contributed by atoms with van der Waals surface area (Å²) in [4.78, 5) is 11.2. The predicted molar refractivity (Wildman–Crippen MR) is 83.7 cm³/mol. The SMILES string of the molecule is COC(=O)CCN(C)S(=O)(=O)c1cc(OC)c(OC)cc1Br. The molecule has 0 N–H and O–H groups in total. The van der Waals surface area contributed by atoms with Gasteiger partial charge in [-0.05, 0) is 22.0 Å². The van der Waals surface area contributed by atoms with Gasteiger partial charge in [-0.2, -0.15) is 0 Å². The van der Waals surface area contributed by atoms with E-state index in [1.807, 2.05) is 0 Å². The number of sulfonamides is 1. The van der Waals surface area contributed by atoms with Gasteiger partial charge in [0.2, 0.25) is 10.0 Å². The zero-order chi connectivity index (χ0) is 16.9. The van der Waals surface area contributed by atoms with Crippen LogP contribution in [0.2, 0.25) is 0 Å². The minimum atomic E-state index is -3.79. The number of benzene rings is 1. The second-order valence-electron chi connectivity index (χ2n) is 4.29. The molecule has 0 radical (unpaired) electrons. The summed E-state index contributed by atoms with van der Waals surface area (Å²) in [6.07, 6.45) is -0.0306. The average Bonchev–Trinajstić information content (AvgIpc) is 2.51. The van der Waals surface area contributed by atoms with Crippen molar-refractivity contribution >= 4 is 31.9 Å². The van der Waals surface area contributed by atoms with Gasteiger partial charge in [0.15, 0.2) is 11.5 Å². The van der Waals surface area contributed by atoms with Gasteiger partial charge >= 0.3 is 5.97 Å². The molecule has 0 saturated heterocycles. The molecule has 22 heavy (non-hydrogen) atoms. The molecule has 1 aromatic carbocycles. The lowest BCUT2D eigenvalue weighted by Crippen LogP contribution is -2.29. The van der Waals surface area contributed by atoms with E-state index in [1.165, 1.54) is 40.5 Å². The lowest BCUT2D eigenvalue weighted by Gasteiger charge is -2.19. The van der Waals surface area contributed by atoms with E-state index in [-0.39, 0.29) is 17.9 Å². The molecule has 0 aromatic heterocycles. The summed E-state index contributed by atoms with van der Waals surface area (Å²) < 4.78 is 41.3. The molecule has 124 valence electrons. The Bertz CT molecular complexity index is 646. The fraction of sp³-hybridized carbons (Fsp3) is 0.462. The van der Waals surface area contributed by atoms with Crippen LogP contribution in [0.25, 0.3) is 0 Å². The fourth-order valence-electron chi connectivity index (χ4n) is 1.67. The number of carbonyl (C=O) groups is 1. The van der Waals surface area contributed by atoms with Crippen LogP contribution < -0.4 is 9.47 Å². The molecule has 0 aliphatic carbocycles. The molecule has 0 bridgehead atoms. The summed E-state index contributed by atoms with van der Waals surface area (Å²) in [5.41, 5.74) is 0. The second-order valence-corrected chi connectivity index (χ2v) is 7.16. The van der Waals surface area contributed by atoms with E-state index >= 15 is 0 Å². The van der Waals surface area contributed by atoms with E-state index in [0.717, 1.165) is 4.31 Å². The average molecular weight is 396 g/mol. The number of nitrogens with zero attached hydrogens (tertiary/aromatic N) is 1. The summed E-state index contributed by atoms with van der Waals surface area (Å²) in [6, 6.07) is 2.88. The summed E-state index contributed by atoms with van der Waals surface area (Å²) in [6.45, 7) is 0.00971. The van der Waals surface area contributed by atoms with Gasteiger partial charge in [0.05, 0.1) is 27.8 Å². The van der Waals surface area contributed by atoms with E-state index in [1.54, 1.807) is 0 Å². The van der Waals surface area contributed by atoms with Gasteiger partial charge in [-0.1, -0.05) is 0 Å². The normalized spacial score (nSPS) is 11.4. The summed E-state index contributed by atoms with van der Waals surface area (Å²) in [5.74, 6) is 0.226. The highest BCUT2D eigenvalue weighted by Crippen LogP contribution is 2.36. The molecule has 0 saturated carbocycles. The number of rotatable bonds is 7. The third-order valence-corrected chi connectivity index (χ3v) is 5.80. The van der Waals surface area contributed by atoms with Gasteiger partial charge in [-0.25, -0.2) is 12.7 Å². The first-order valence-electron chi connectivity index (χ1n) is 6.22. The molecule has 9 heteroatoms. The van der Waals surface area contributed by atoms with E-state index in [4.69, 9.17) is 9.47 Å². The molecule has 1 aromatic rings.